The van der Waals surface area contributed by atoms with Crippen LogP contribution in [0.15, 0.2) is 24.3 Å². The van der Waals surface area contributed by atoms with Crippen molar-refractivity contribution in [2.24, 2.45) is 5.73 Å². The molecule has 1 atom stereocenters. The Morgan fingerprint density at radius 1 is 1.05 bits per heavy atom. The highest BCUT2D eigenvalue weighted by Crippen LogP contribution is 2.19. The Kier molecular flexibility index (Phi) is 7.97. The molecule has 1 unspecified atom stereocenters. The summed E-state index contributed by atoms with van der Waals surface area (Å²) in [4.78, 5) is 11.5. The lowest BCUT2D eigenvalue weighted by Gasteiger charge is -2.17. The van der Waals surface area contributed by atoms with Gasteiger partial charge in [-0.25, -0.2) is 0 Å². The molecule has 1 aromatic carbocycles. The summed E-state index contributed by atoms with van der Waals surface area (Å²) in [6, 6.07) is 7.09. The zero-order valence-electron chi connectivity index (χ0n) is 13.0. The second kappa shape index (κ2) is 9.50. The second-order valence-corrected chi connectivity index (χ2v) is 4.55. The van der Waals surface area contributed by atoms with Gasteiger partial charge in [-0.05, 0) is 32.8 Å². The van der Waals surface area contributed by atoms with Crippen molar-refractivity contribution < 1.29 is 19.0 Å². The van der Waals surface area contributed by atoms with E-state index < -0.39 is 6.04 Å². The van der Waals surface area contributed by atoms with Crippen molar-refractivity contribution in [1.29, 1.82) is 0 Å². The van der Waals surface area contributed by atoms with Crippen LogP contribution in [0.25, 0.3) is 0 Å². The molecule has 21 heavy (non-hydrogen) atoms. The van der Waals surface area contributed by atoms with E-state index in [4.69, 9.17) is 19.9 Å². The fourth-order valence-corrected chi connectivity index (χ4v) is 1.94. The van der Waals surface area contributed by atoms with Crippen LogP contribution in [0.2, 0.25) is 0 Å². The van der Waals surface area contributed by atoms with Crippen LogP contribution in [-0.2, 0) is 25.4 Å². The first-order valence-electron chi connectivity index (χ1n) is 7.36. The Bertz CT molecular complexity index is 413. The van der Waals surface area contributed by atoms with E-state index in [1.54, 1.807) is 6.92 Å². The van der Waals surface area contributed by atoms with E-state index in [1.807, 2.05) is 38.1 Å². The van der Waals surface area contributed by atoms with Gasteiger partial charge in [-0.2, -0.15) is 0 Å². The molecule has 0 aliphatic heterocycles. The van der Waals surface area contributed by atoms with Crippen molar-refractivity contribution >= 4 is 5.97 Å². The fraction of sp³-hybridized carbons (Fsp3) is 0.562. The molecule has 1 rings (SSSR count). The molecule has 5 nitrogen and oxygen atoms in total. The second-order valence-electron chi connectivity index (χ2n) is 4.55. The fourth-order valence-electron chi connectivity index (χ4n) is 1.94. The third kappa shape index (κ3) is 5.83. The molecule has 0 heterocycles. The van der Waals surface area contributed by atoms with Crippen LogP contribution < -0.4 is 5.73 Å². The van der Waals surface area contributed by atoms with Crippen LogP contribution in [0.1, 0.15) is 38.2 Å². The summed E-state index contributed by atoms with van der Waals surface area (Å²) in [5.41, 5.74) is 7.73. The summed E-state index contributed by atoms with van der Waals surface area (Å²) in [7, 11) is 0. The third-order valence-corrected chi connectivity index (χ3v) is 2.93. The number of carbonyl (C=O) groups is 1. The minimum atomic E-state index is -0.634. The number of hydrogen-bond donors (Lipinski definition) is 1. The van der Waals surface area contributed by atoms with E-state index in [9.17, 15) is 4.79 Å². The molecule has 118 valence electrons. The zero-order chi connectivity index (χ0) is 15.7. The number of nitrogens with two attached hydrogens (primary N) is 1. The minimum absolute atomic E-state index is 0.343. The van der Waals surface area contributed by atoms with Crippen LogP contribution in [0.4, 0.5) is 0 Å². The summed E-state index contributed by atoms with van der Waals surface area (Å²) in [5.74, 6) is -0.372. The van der Waals surface area contributed by atoms with Crippen LogP contribution in [0.3, 0.4) is 0 Å². The van der Waals surface area contributed by atoms with Gasteiger partial charge >= 0.3 is 5.97 Å². The highest BCUT2D eigenvalue weighted by Gasteiger charge is 2.16. The van der Waals surface area contributed by atoms with Gasteiger partial charge in [-0.1, -0.05) is 24.3 Å². The van der Waals surface area contributed by atoms with E-state index in [1.165, 1.54) is 0 Å². The average Bonchev–Trinajstić information content (AvgIpc) is 2.48. The lowest BCUT2D eigenvalue weighted by molar-refractivity contribution is -0.144. The van der Waals surface area contributed by atoms with E-state index >= 15 is 0 Å². The van der Waals surface area contributed by atoms with E-state index in [2.05, 4.69) is 0 Å². The number of carbonyl (C=O) groups excluding carboxylic acids is 1. The van der Waals surface area contributed by atoms with Crippen LogP contribution in [0, 0.1) is 0 Å². The van der Waals surface area contributed by atoms with E-state index in [0.717, 1.165) is 11.1 Å². The summed E-state index contributed by atoms with van der Waals surface area (Å²) < 4.78 is 16.0. The Labute approximate surface area is 126 Å². The molecular weight excluding hydrogens is 270 g/mol. The standard InChI is InChI=1S/C16H25NO4/c1-4-19-15(18)14(17)11-12-7-9-13(10-8-12)16(20-5-2)21-6-3/h7-10,14,16H,4-6,11,17H2,1-3H3. The Morgan fingerprint density at radius 3 is 2.10 bits per heavy atom. The molecule has 0 saturated carbocycles. The van der Waals surface area contributed by atoms with Crippen molar-refractivity contribution in [3.8, 4) is 0 Å². The maximum absolute atomic E-state index is 11.5. The highest BCUT2D eigenvalue weighted by atomic mass is 16.7. The number of benzene rings is 1. The predicted molar refractivity (Wildman–Crippen MR) is 80.7 cm³/mol. The van der Waals surface area contributed by atoms with Crippen LogP contribution in [0.5, 0.6) is 0 Å². The maximum Gasteiger partial charge on any atom is 0.323 e. The first-order chi connectivity index (χ1) is 10.1. The highest BCUT2D eigenvalue weighted by molar-refractivity contribution is 5.75. The van der Waals surface area contributed by atoms with Gasteiger partial charge in [0.15, 0.2) is 6.29 Å². The Balaban J connectivity index is 2.66. The third-order valence-electron chi connectivity index (χ3n) is 2.93. The Hall–Kier alpha value is -1.43. The molecular formula is C16H25NO4. The lowest BCUT2D eigenvalue weighted by Crippen LogP contribution is -2.34. The van der Waals surface area contributed by atoms with Crippen molar-refractivity contribution in [2.75, 3.05) is 19.8 Å². The first kappa shape index (κ1) is 17.6. The molecule has 5 heteroatoms. The molecule has 0 aliphatic rings. The van der Waals surface area contributed by atoms with Crippen molar-refractivity contribution in [1.82, 2.24) is 0 Å². The number of esters is 1. The van der Waals surface area contributed by atoms with E-state index in [-0.39, 0.29) is 12.3 Å². The molecule has 0 spiro atoms. The molecule has 0 aliphatic carbocycles. The van der Waals surface area contributed by atoms with Gasteiger partial charge in [-0.15, -0.1) is 0 Å². The lowest BCUT2D eigenvalue weighted by atomic mass is 10.0. The summed E-state index contributed by atoms with van der Waals surface area (Å²) in [6.07, 6.45) is 0.0975. The SMILES string of the molecule is CCOC(=O)C(N)Cc1ccc(C(OCC)OCC)cc1. The molecule has 2 N–H and O–H groups in total. The summed E-state index contributed by atoms with van der Waals surface area (Å²) in [6.45, 7) is 7.13. The van der Waals surface area contributed by atoms with E-state index in [0.29, 0.717) is 26.2 Å². The van der Waals surface area contributed by atoms with Gasteiger partial charge in [0.05, 0.1) is 6.61 Å². The monoisotopic (exact) mass is 295 g/mol. The van der Waals surface area contributed by atoms with Crippen LogP contribution in [-0.4, -0.2) is 31.8 Å². The largest absolute Gasteiger partial charge is 0.465 e. The first-order valence-corrected chi connectivity index (χ1v) is 7.36. The molecule has 1 aromatic rings. The van der Waals surface area contributed by atoms with Gasteiger partial charge < -0.3 is 19.9 Å². The van der Waals surface area contributed by atoms with Gasteiger partial charge in [0, 0.05) is 18.8 Å². The average molecular weight is 295 g/mol. The topological polar surface area (TPSA) is 70.8 Å². The quantitative estimate of drug-likeness (QED) is 0.558. The van der Waals surface area contributed by atoms with Crippen molar-refractivity contribution in [3.05, 3.63) is 35.4 Å². The molecule has 0 radical (unpaired) electrons. The van der Waals surface area contributed by atoms with Crippen LogP contribution >= 0.6 is 0 Å². The van der Waals surface area contributed by atoms with Gasteiger partial charge in [0.2, 0.25) is 0 Å². The zero-order valence-corrected chi connectivity index (χ0v) is 13.0. The molecule has 0 fully saturated rings. The number of hydrogen-bond acceptors (Lipinski definition) is 5. The molecule has 0 saturated heterocycles. The Morgan fingerprint density at radius 2 is 1.62 bits per heavy atom. The van der Waals surface area contributed by atoms with Gasteiger partial charge in [0.25, 0.3) is 0 Å². The van der Waals surface area contributed by atoms with Gasteiger partial charge in [-0.3, -0.25) is 4.79 Å². The van der Waals surface area contributed by atoms with Gasteiger partial charge in [0.1, 0.15) is 6.04 Å². The molecule has 0 bridgehead atoms. The number of rotatable bonds is 9. The minimum Gasteiger partial charge on any atom is -0.465 e. The number of ether oxygens (including phenoxy) is 3. The van der Waals surface area contributed by atoms with Crippen molar-refractivity contribution in [3.63, 3.8) is 0 Å². The predicted octanol–water partition coefficient (Wildman–Crippen LogP) is 2.19. The normalized spacial score (nSPS) is 12.4. The smallest absolute Gasteiger partial charge is 0.323 e. The van der Waals surface area contributed by atoms with Crippen molar-refractivity contribution in [2.45, 2.75) is 39.5 Å². The summed E-state index contributed by atoms with van der Waals surface area (Å²) >= 11 is 0. The maximum atomic E-state index is 11.5. The molecule has 0 amide bonds. The summed E-state index contributed by atoms with van der Waals surface area (Å²) in [5, 5.41) is 0. The molecule has 0 aromatic heterocycles.